The molecule has 4 nitrogen and oxygen atoms in total. The molecule has 4 heteroatoms. The first kappa shape index (κ1) is 11.1. The van der Waals surface area contributed by atoms with Crippen LogP contribution in [0.4, 0.5) is 5.69 Å². The zero-order chi connectivity index (χ0) is 11.4. The molecular weight excluding hydrogens is 204 g/mol. The van der Waals surface area contributed by atoms with Crippen LogP contribution in [0.2, 0.25) is 0 Å². The summed E-state index contributed by atoms with van der Waals surface area (Å²) in [6.07, 6.45) is 5.18. The average Bonchev–Trinajstić information content (AvgIpc) is 2.31. The molecule has 2 heterocycles. The molecule has 16 heavy (non-hydrogen) atoms. The maximum atomic E-state index is 12.0. The zero-order valence-electron chi connectivity index (χ0n) is 9.35. The van der Waals surface area contributed by atoms with Crippen LogP contribution in [0, 0.1) is 5.92 Å². The van der Waals surface area contributed by atoms with E-state index in [0.717, 1.165) is 25.1 Å². The zero-order valence-corrected chi connectivity index (χ0v) is 9.35. The predicted molar refractivity (Wildman–Crippen MR) is 61.0 cm³/mol. The Hall–Kier alpha value is -1.42. The number of aromatic nitrogens is 1. The molecule has 0 spiro atoms. The number of anilines is 1. The minimum Gasteiger partial charge on any atom is -0.378 e. The fraction of sp³-hybridized carbons (Fsp3) is 0.500. The van der Waals surface area contributed by atoms with Crippen molar-refractivity contribution in [2.45, 2.75) is 25.9 Å². The minimum absolute atomic E-state index is 0.00502. The van der Waals surface area contributed by atoms with Crippen LogP contribution >= 0.6 is 0 Å². The third-order valence-electron chi connectivity index (χ3n) is 2.87. The van der Waals surface area contributed by atoms with Gasteiger partial charge in [0, 0.05) is 12.8 Å². The Bertz CT molecular complexity index is 353. The van der Waals surface area contributed by atoms with Crippen molar-refractivity contribution < 1.29 is 9.53 Å². The maximum absolute atomic E-state index is 12.0. The van der Waals surface area contributed by atoms with Gasteiger partial charge >= 0.3 is 0 Å². The highest BCUT2D eigenvalue weighted by atomic mass is 16.5. The molecule has 0 saturated carbocycles. The van der Waals surface area contributed by atoms with Gasteiger partial charge in [-0.3, -0.25) is 9.78 Å². The Labute approximate surface area is 95.0 Å². The van der Waals surface area contributed by atoms with E-state index in [2.05, 4.69) is 10.3 Å². The molecule has 0 bridgehead atoms. The number of ether oxygens (including phenoxy) is 1. The summed E-state index contributed by atoms with van der Waals surface area (Å²) in [4.78, 5) is 15.9. The fourth-order valence-corrected chi connectivity index (χ4v) is 1.94. The third-order valence-corrected chi connectivity index (χ3v) is 2.87. The predicted octanol–water partition coefficient (Wildman–Crippen LogP) is 1.84. The number of rotatable bonds is 2. The lowest BCUT2D eigenvalue weighted by molar-refractivity contribution is -0.127. The summed E-state index contributed by atoms with van der Waals surface area (Å²) in [7, 11) is 0. The van der Waals surface area contributed by atoms with Crippen molar-refractivity contribution in [2.24, 2.45) is 5.92 Å². The van der Waals surface area contributed by atoms with Crippen LogP contribution in [-0.2, 0) is 9.53 Å². The quantitative estimate of drug-likeness (QED) is 0.827. The van der Waals surface area contributed by atoms with Crippen molar-refractivity contribution in [1.82, 2.24) is 4.98 Å². The first-order chi connectivity index (χ1) is 7.77. The molecule has 1 saturated heterocycles. The van der Waals surface area contributed by atoms with Gasteiger partial charge in [0.25, 0.3) is 0 Å². The Kier molecular flexibility index (Phi) is 3.51. The smallest absolute Gasteiger partial charge is 0.230 e. The number of carbonyl (C=O) groups is 1. The monoisotopic (exact) mass is 220 g/mol. The number of nitrogens with zero attached hydrogens (tertiary/aromatic N) is 1. The number of hydrogen-bond donors (Lipinski definition) is 1. The fourth-order valence-electron chi connectivity index (χ4n) is 1.94. The normalized spacial score (nSPS) is 25.1. The van der Waals surface area contributed by atoms with Crippen LogP contribution in [0.5, 0.6) is 0 Å². The van der Waals surface area contributed by atoms with E-state index >= 15 is 0 Å². The highest BCUT2D eigenvalue weighted by Crippen LogP contribution is 2.22. The number of hydrogen-bond acceptors (Lipinski definition) is 3. The Morgan fingerprint density at radius 3 is 3.19 bits per heavy atom. The van der Waals surface area contributed by atoms with Gasteiger partial charge in [-0.2, -0.15) is 0 Å². The van der Waals surface area contributed by atoms with Crippen molar-refractivity contribution in [3.63, 3.8) is 0 Å². The molecule has 1 aliphatic heterocycles. The average molecular weight is 220 g/mol. The van der Waals surface area contributed by atoms with Crippen LogP contribution in [0.15, 0.2) is 24.5 Å². The van der Waals surface area contributed by atoms with E-state index in [1.54, 1.807) is 18.5 Å². The number of nitrogens with one attached hydrogen (secondary N) is 1. The molecule has 0 radical (unpaired) electrons. The van der Waals surface area contributed by atoms with Crippen LogP contribution in [0.25, 0.3) is 0 Å². The topological polar surface area (TPSA) is 51.2 Å². The van der Waals surface area contributed by atoms with Crippen LogP contribution in [0.1, 0.15) is 19.8 Å². The lowest BCUT2D eigenvalue weighted by atomic mass is 9.94. The van der Waals surface area contributed by atoms with Crippen molar-refractivity contribution in [3.8, 4) is 0 Å². The van der Waals surface area contributed by atoms with Gasteiger partial charge in [0.1, 0.15) is 0 Å². The van der Waals surface area contributed by atoms with Crippen LogP contribution < -0.4 is 5.32 Å². The highest BCUT2D eigenvalue weighted by molar-refractivity contribution is 5.92. The molecular formula is C12H16N2O2. The molecule has 1 N–H and O–H groups in total. The Morgan fingerprint density at radius 1 is 1.62 bits per heavy atom. The first-order valence-electron chi connectivity index (χ1n) is 5.60. The Balaban J connectivity index is 1.97. The van der Waals surface area contributed by atoms with E-state index in [-0.39, 0.29) is 17.9 Å². The molecule has 1 aromatic rings. The second-order valence-corrected chi connectivity index (χ2v) is 4.06. The number of pyridine rings is 1. The molecule has 2 atom stereocenters. The van der Waals surface area contributed by atoms with Crippen molar-refractivity contribution in [1.29, 1.82) is 0 Å². The van der Waals surface area contributed by atoms with E-state index in [9.17, 15) is 4.79 Å². The summed E-state index contributed by atoms with van der Waals surface area (Å²) in [6.45, 7) is 2.71. The summed E-state index contributed by atoms with van der Waals surface area (Å²) < 4.78 is 5.47. The van der Waals surface area contributed by atoms with E-state index in [1.807, 2.05) is 13.0 Å². The van der Waals surface area contributed by atoms with Crippen molar-refractivity contribution in [3.05, 3.63) is 24.5 Å². The largest absolute Gasteiger partial charge is 0.378 e. The summed E-state index contributed by atoms with van der Waals surface area (Å²) >= 11 is 0. The van der Waals surface area contributed by atoms with Crippen LogP contribution in [-0.4, -0.2) is 23.6 Å². The maximum Gasteiger partial charge on any atom is 0.230 e. The van der Waals surface area contributed by atoms with Crippen molar-refractivity contribution >= 4 is 11.6 Å². The molecule has 1 aromatic heterocycles. The summed E-state index contributed by atoms with van der Waals surface area (Å²) in [5.74, 6) is -0.0193. The molecule has 1 amide bonds. The molecule has 86 valence electrons. The van der Waals surface area contributed by atoms with E-state index < -0.39 is 0 Å². The molecule has 1 aliphatic rings. The molecule has 1 fully saturated rings. The highest BCUT2D eigenvalue weighted by Gasteiger charge is 2.28. The summed E-state index contributed by atoms with van der Waals surface area (Å²) in [6, 6.07) is 3.63. The van der Waals surface area contributed by atoms with Gasteiger partial charge in [-0.1, -0.05) is 0 Å². The van der Waals surface area contributed by atoms with E-state index in [0.29, 0.717) is 0 Å². The lowest BCUT2D eigenvalue weighted by Gasteiger charge is -2.27. The van der Waals surface area contributed by atoms with Crippen LogP contribution in [0.3, 0.4) is 0 Å². The molecule has 0 aromatic carbocycles. The summed E-state index contributed by atoms with van der Waals surface area (Å²) in [5, 5.41) is 2.86. The second-order valence-electron chi connectivity index (χ2n) is 4.06. The second kappa shape index (κ2) is 5.07. The van der Waals surface area contributed by atoms with Gasteiger partial charge in [-0.25, -0.2) is 0 Å². The molecule has 0 aliphatic carbocycles. The first-order valence-corrected chi connectivity index (χ1v) is 5.60. The van der Waals surface area contributed by atoms with Gasteiger partial charge in [-0.05, 0) is 31.9 Å². The van der Waals surface area contributed by atoms with Gasteiger partial charge in [0.05, 0.1) is 23.9 Å². The minimum atomic E-state index is -0.0473. The Morgan fingerprint density at radius 2 is 2.50 bits per heavy atom. The van der Waals surface area contributed by atoms with Gasteiger partial charge < -0.3 is 10.1 Å². The standard InChI is InChI=1S/C12H16N2O2/c1-9-11(5-3-7-16-9)12(15)14-10-4-2-6-13-8-10/h2,4,6,8-9,11H,3,5,7H2,1H3,(H,14,15)/t9-,11+/m0/s1. The SMILES string of the molecule is C[C@@H]1OCCC[C@H]1C(=O)Nc1cccnc1. The molecule has 0 unspecified atom stereocenters. The van der Waals surface area contributed by atoms with E-state index in [1.165, 1.54) is 0 Å². The van der Waals surface area contributed by atoms with Gasteiger partial charge in [0.2, 0.25) is 5.91 Å². The van der Waals surface area contributed by atoms with E-state index in [4.69, 9.17) is 4.74 Å². The lowest BCUT2D eigenvalue weighted by Crippen LogP contribution is -2.36. The van der Waals surface area contributed by atoms with Crippen molar-refractivity contribution in [2.75, 3.05) is 11.9 Å². The van der Waals surface area contributed by atoms with Gasteiger partial charge in [0.15, 0.2) is 0 Å². The number of amides is 1. The molecule has 2 rings (SSSR count). The van der Waals surface area contributed by atoms with Gasteiger partial charge in [-0.15, -0.1) is 0 Å². The number of carbonyl (C=O) groups excluding carboxylic acids is 1. The summed E-state index contributed by atoms with van der Waals surface area (Å²) in [5.41, 5.74) is 0.741. The third kappa shape index (κ3) is 2.58.